The van der Waals surface area contributed by atoms with Gasteiger partial charge in [0.25, 0.3) is 0 Å². The van der Waals surface area contributed by atoms with Crippen LogP contribution in [-0.4, -0.2) is 34.1 Å². The van der Waals surface area contributed by atoms with Crippen LogP contribution in [0.2, 0.25) is 0 Å². The number of aryl methyl sites for hydroxylation is 1. The molecule has 0 amide bonds. The Morgan fingerprint density at radius 1 is 1.62 bits per heavy atom. The molecular weight excluding hydrogens is 208 g/mol. The van der Waals surface area contributed by atoms with Gasteiger partial charge < -0.3 is 10.0 Å². The molecule has 16 heavy (non-hydrogen) atoms. The Hall–Kier alpha value is -2.16. The molecule has 1 rings (SSSR count). The summed E-state index contributed by atoms with van der Waals surface area (Å²) >= 11 is 0. The predicted octanol–water partition coefficient (Wildman–Crippen LogP) is 0.566. The third kappa shape index (κ3) is 2.45. The highest BCUT2D eigenvalue weighted by atomic mass is 16.4. The number of carboxylic acids is 1. The molecule has 0 saturated heterocycles. The number of nitrogens with zero attached hydrogens (tertiary/aromatic N) is 4. The number of hydrogen-bond donors (Lipinski definition) is 1. The molecule has 0 bridgehead atoms. The fraction of sp³-hybridized carbons (Fsp3) is 0.400. The maximum absolute atomic E-state index is 10.8. The summed E-state index contributed by atoms with van der Waals surface area (Å²) in [6.45, 7) is 3.26. The number of aliphatic carboxylic acids is 1. The minimum atomic E-state index is -0.967. The quantitative estimate of drug-likeness (QED) is 0.800. The van der Waals surface area contributed by atoms with Gasteiger partial charge in [-0.2, -0.15) is 5.26 Å². The van der Waals surface area contributed by atoms with E-state index < -0.39 is 12.0 Å². The van der Waals surface area contributed by atoms with Crippen molar-refractivity contribution < 1.29 is 9.90 Å². The van der Waals surface area contributed by atoms with E-state index in [9.17, 15) is 4.79 Å². The van der Waals surface area contributed by atoms with Crippen molar-refractivity contribution in [3.05, 3.63) is 17.5 Å². The van der Waals surface area contributed by atoms with Crippen molar-refractivity contribution in [3.8, 4) is 6.07 Å². The number of likely N-dealkylation sites (N-methyl/N-ethyl adjacent to an activating group) is 1. The van der Waals surface area contributed by atoms with E-state index in [1.54, 1.807) is 20.0 Å². The van der Waals surface area contributed by atoms with Gasteiger partial charge in [0.05, 0.1) is 0 Å². The lowest BCUT2D eigenvalue weighted by Gasteiger charge is -2.21. The minimum absolute atomic E-state index is 0.229. The average Bonchev–Trinajstić information content (AvgIpc) is 2.25. The van der Waals surface area contributed by atoms with Gasteiger partial charge in [-0.05, 0) is 19.9 Å². The van der Waals surface area contributed by atoms with Crippen molar-refractivity contribution in [2.24, 2.45) is 0 Å². The highest BCUT2D eigenvalue weighted by molar-refractivity contribution is 5.76. The normalized spacial score (nSPS) is 11.6. The van der Waals surface area contributed by atoms with Crippen molar-refractivity contribution in [1.29, 1.82) is 5.26 Å². The lowest BCUT2D eigenvalue weighted by atomic mass is 10.3. The molecule has 0 fully saturated rings. The lowest BCUT2D eigenvalue weighted by Crippen LogP contribution is -2.37. The highest BCUT2D eigenvalue weighted by Crippen LogP contribution is 2.11. The van der Waals surface area contributed by atoms with Gasteiger partial charge >= 0.3 is 5.97 Å². The van der Waals surface area contributed by atoms with Crippen molar-refractivity contribution >= 4 is 11.9 Å². The Bertz CT molecular complexity index is 453. The molecule has 0 aromatic carbocycles. The summed E-state index contributed by atoms with van der Waals surface area (Å²) in [5.74, 6) is -0.724. The summed E-state index contributed by atoms with van der Waals surface area (Å²) in [4.78, 5) is 20.2. The van der Waals surface area contributed by atoms with E-state index in [2.05, 4.69) is 9.97 Å². The molecule has 1 atom stereocenters. The molecule has 0 saturated carbocycles. The van der Waals surface area contributed by atoms with E-state index in [1.165, 1.54) is 11.8 Å². The molecular formula is C10H12N4O2. The molecule has 0 aliphatic rings. The summed E-state index contributed by atoms with van der Waals surface area (Å²) in [7, 11) is 1.58. The zero-order valence-corrected chi connectivity index (χ0v) is 9.30. The topological polar surface area (TPSA) is 90.1 Å². The van der Waals surface area contributed by atoms with Crippen LogP contribution in [-0.2, 0) is 4.79 Å². The van der Waals surface area contributed by atoms with E-state index in [-0.39, 0.29) is 11.6 Å². The van der Waals surface area contributed by atoms with Crippen LogP contribution in [0.3, 0.4) is 0 Å². The zero-order chi connectivity index (χ0) is 12.3. The predicted molar refractivity (Wildman–Crippen MR) is 57.0 cm³/mol. The summed E-state index contributed by atoms with van der Waals surface area (Å²) in [5, 5.41) is 17.6. The standard InChI is InChI=1S/C10H12N4O2/c1-6-4-8(5-11)13-10(12-6)14(3)7(2)9(15)16/h4,7H,1-3H3,(H,15,16). The molecule has 1 heterocycles. The number of aromatic nitrogens is 2. The Kier molecular flexibility index (Phi) is 3.40. The highest BCUT2D eigenvalue weighted by Gasteiger charge is 2.19. The Balaban J connectivity index is 3.09. The number of carbonyl (C=O) groups is 1. The Labute approximate surface area is 93.2 Å². The maximum Gasteiger partial charge on any atom is 0.326 e. The van der Waals surface area contributed by atoms with Gasteiger partial charge in [0.1, 0.15) is 17.8 Å². The second-order valence-electron chi connectivity index (χ2n) is 3.43. The van der Waals surface area contributed by atoms with Crippen LogP contribution in [0.5, 0.6) is 0 Å². The van der Waals surface area contributed by atoms with Crippen LogP contribution < -0.4 is 4.90 Å². The number of hydrogen-bond acceptors (Lipinski definition) is 5. The van der Waals surface area contributed by atoms with Gasteiger partial charge in [-0.15, -0.1) is 0 Å². The van der Waals surface area contributed by atoms with E-state index in [4.69, 9.17) is 10.4 Å². The van der Waals surface area contributed by atoms with Crippen LogP contribution in [0, 0.1) is 18.3 Å². The Morgan fingerprint density at radius 3 is 2.75 bits per heavy atom. The first-order valence-corrected chi connectivity index (χ1v) is 4.67. The fourth-order valence-electron chi connectivity index (χ4n) is 1.11. The van der Waals surface area contributed by atoms with E-state index in [0.717, 1.165) is 0 Å². The summed E-state index contributed by atoms with van der Waals surface area (Å²) in [5.41, 5.74) is 0.859. The molecule has 0 radical (unpaired) electrons. The first kappa shape index (κ1) is 11.9. The zero-order valence-electron chi connectivity index (χ0n) is 9.30. The third-order valence-corrected chi connectivity index (χ3v) is 2.21. The molecule has 0 spiro atoms. The van der Waals surface area contributed by atoms with E-state index in [0.29, 0.717) is 5.69 Å². The van der Waals surface area contributed by atoms with Crippen molar-refractivity contribution in [2.75, 3.05) is 11.9 Å². The number of carboxylic acid groups (broad SMARTS) is 1. The molecule has 6 nitrogen and oxygen atoms in total. The molecule has 6 heteroatoms. The van der Waals surface area contributed by atoms with Crippen LogP contribution in [0.4, 0.5) is 5.95 Å². The van der Waals surface area contributed by atoms with Gasteiger partial charge in [-0.25, -0.2) is 14.8 Å². The first-order chi connectivity index (χ1) is 7.45. The van der Waals surface area contributed by atoms with Crippen molar-refractivity contribution in [2.45, 2.75) is 19.9 Å². The molecule has 1 N–H and O–H groups in total. The van der Waals surface area contributed by atoms with Gasteiger partial charge in [-0.1, -0.05) is 0 Å². The number of rotatable bonds is 3. The maximum atomic E-state index is 10.8. The molecule has 1 unspecified atom stereocenters. The Morgan fingerprint density at radius 2 is 2.25 bits per heavy atom. The van der Waals surface area contributed by atoms with Crippen LogP contribution in [0.15, 0.2) is 6.07 Å². The smallest absolute Gasteiger partial charge is 0.326 e. The molecule has 0 aliphatic heterocycles. The van der Waals surface area contributed by atoms with E-state index >= 15 is 0 Å². The van der Waals surface area contributed by atoms with Gasteiger partial charge in [0, 0.05) is 12.7 Å². The second kappa shape index (κ2) is 4.57. The lowest BCUT2D eigenvalue weighted by molar-refractivity contribution is -0.138. The molecule has 1 aromatic rings. The molecule has 84 valence electrons. The summed E-state index contributed by atoms with van der Waals surface area (Å²) in [6, 6.07) is 2.71. The first-order valence-electron chi connectivity index (χ1n) is 4.67. The number of anilines is 1. The van der Waals surface area contributed by atoms with Crippen LogP contribution in [0.25, 0.3) is 0 Å². The summed E-state index contributed by atoms with van der Waals surface area (Å²) < 4.78 is 0. The van der Waals surface area contributed by atoms with Gasteiger partial charge in [0.2, 0.25) is 5.95 Å². The third-order valence-electron chi connectivity index (χ3n) is 2.21. The average molecular weight is 220 g/mol. The second-order valence-corrected chi connectivity index (χ2v) is 3.43. The summed E-state index contributed by atoms with van der Waals surface area (Å²) in [6.07, 6.45) is 0. The van der Waals surface area contributed by atoms with Crippen LogP contribution in [0.1, 0.15) is 18.3 Å². The van der Waals surface area contributed by atoms with Crippen molar-refractivity contribution in [3.63, 3.8) is 0 Å². The van der Waals surface area contributed by atoms with Gasteiger partial charge in [-0.3, -0.25) is 0 Å². The van der Waals surface area contributed by atoms with Gasteiger partial charge in [0.15, 0.2) is 0 Å². The largest absolute Gasteiger partial charge is 0.480 e. The van der Waals surface area contributed by atoms with Crippen LogP contribution >= 0.6 is 0 Å². The molecule has 0 aliphatic carbocycles. The minimum Gasteiger partial charge on any atom is -0.480 e. The number of nitriles is 1. The SMILES string of the molecule is Cc1cc(C#N)nc(N(C)C(C)C(=O)O)n1. The van der Waals surface area contributed by atoms with Crippen molar-refractivity contribution in [1.82, 2.24) is 9.97 Å². The molecule has 1 aromatic heterocycles. The monoisotopic (exact) mass is 220 g/mol. The fourth-order valence-corrected chi connectivity index (χ4v) is 1.11. The van der Waals surface area contributed by atoms with E-state index in [1.807, 2.05) is 6.07 Å².